The number of nitrogens with zero attached hydrogens (tertiary/aromatic N) is 1. The summed E-state index contributed by atoms with van der Waals surface area (Å²) in [5.74, 6) is -1.35. The normalized spacial score (nSPS) is 15.6. The summed E-state index contributed by atoms with van der Waals surface area (Å²) in [5, 5.41) is 2.32. The number of fused-ring (bicyclic) bond motifs is 1. The standard InChI is InChI=1S/C22H23NO4/c1-21(2,18-11-7-9-16-8-5-6-10-17(16)18)23-14-12-22(13-15-23,19(24)26-3)20(25)27-4/h5-15H,1-4H3. The minimum atomic E-state index is -1.56. The number of rotatable bonds is 4. The molecule has 0 fully saturated rings. The molecule has 5 nitrogen and oxygen atoms in total. The lowest BCUT2D eigenvalue weighted by atomic mass is 9.83. The third-order valence-electron chi connectivity index (χ3n) is 5.14. The minimum Gasteiger partial charge on any atom is -0.468 e. The topological polar surface area (TPSA) is 55.8 Å². The highest BCUT2D eigenvalue weighted by Gasteiger charge is 2.46. The summed E-state index contributed by atoms with van der Waals surface area (Å²) in [6, 6.07) is 14.4. The molecule has 1 aliphatic heterocycles. The summed E-state index contributed by atoms with van der Waals surface area (Å²) in [6.45, 7) is 4.18. The van der Waals surface area contributed by atoms with E-state index >= 15 is 0 Å². The number of carbonyl (C=O) groups is 2. The van der Waals surface area contributed by atoms with Crippen LogP contribution in [0.5, 0.6) is 0 Å². The fraction of sp³-hybridized carbons (Fsp3) is 0.273. The second kappa shape index (κ2) is 6.91. The van der Waals surface area contributed by atoms with Crippen LogP contribution in [-0.4, -0.2) is 31.1 Å². The predicted molar refractivity (Wildman–Crippen MR) is 104 cm³/mol. The van der Waals surface area contributed by atoms with E-state index in [0.717, 1.165) is 16.3 Å². The number of esters is 2. The molecule has 2 aromatic carbocycles. The van der Waals surface area contributed by atoms with Gasteiger partial charge in [-0.05, 0) is 42.3 Å². The zero-order valence-corrected chi connectivity index (χ0v) is 15.9. The molecule has 1 heterocycles. The van der Waals surface area contributed by atoms with Crippen molar-refractivity contribution < 1.29 is 19.1 Å². The molecule has 0 spiro atoms. The van der Waals surface area contributed by atoms with E-state index in [4.69, 9.17) is 9.47 Å². The molecule has 0 radical (unpaired) electrons. The van der Waals surface area contributed by atoms with Crippen molar-refractivity contribution in [3.63, 3.8) is 0 Å². The highest BCUT2D eigenvalue weighted by atomic mass is 16.5. The Balaban J connectivity index is 2.02. The van der Waals surface area contributed by atoms with E-state index in [0.29, 0.717) is 0 Å². The van der Waals surface area contributed by atoms with Crippen LogP contribution in [0.1, 0.15) is 19.4 Å². The van der Waals surface area contributed by atoms with Crippen molar-refractivity contribution in [2.75, 3.05) is 14.2 Å². The Bertz CT molecular complexity index is 905. The Morgan fingerprint density at radius 2 is 1.44 bits per heavy atom. The maximum atomic E-state index is 12.2. The average molecular weight is 365 g/mol. The fourth-order valence-electron chi connectivity index (χ4n) is 3.46. The van der Waals surface area contributed by atoms with E-state index in [1.165, 1.54) is 26.4 Å². The lowest BCUT2D eigenvalue weighted by Crippen LogP contribution is -2.43. The van der Waals surface area contributed by atoms with Gasteiger partial charge in [-0.2, -0.15) is 0 Å². The van der Waals surface area contributed by atoms with Crippen molar-refractivity contribution in [3.05, 3.63) is 72.6 Å². The van der Waals surface area contributed by atoms with Gasteiger partial charge in [-0.1, -0.05) is 42.5 Å². The van der Waals surface area contributed by atoms with Crippen molar-refractivity contribution in [2.45, 2.75) is 19.4 Å². The third kappa shape index (κ3) is 2.99. The molecule has 0 aliphatic carbocycles. The molecule has 0 amide bonds. The lowest BCUT2D eigenvalue weighted by Gasteiger charge is -2.39. The third-order valence-corrected chi connectivity index (χ3v) is 5.14. The summed E-state index contributed by atoms with van der Waals surface area (Å²) < 4.78 is 9.64. The fourth-order valence-corrected chi connectivity index (χ4v) is 3.46. The summed E-state index contributed by atoms with van der Waals surface area (Å²) in [7, 11) is 2.50. The summed E-state index contributed by atoms with van der Waals surface area (Å²) in [6.07, 6.45) is 6.51. The SMILES string of the molecule is COC(=O)C1(C(=O)OC)C=CN(C(C)(C)c2cccc3ccccc23)C=C1. The van der Waals surface area contributed by atoms with Gasteiger partial charge in [0.15, 0.2) is 0 Å². The van der Waals surface area contributed by atoms with Crippen LogP contribution in [0.3, 0.4) is 0 Å². The van der Waals surface area contributed by atoms with Crippen molar-refractivity contribution in [1.82, 2.24) is 4.90 Å². The first-order valence-corrected chi connectivity index (χ1v) is 8.69. The summed E-state index contributed by atoms with van der Waals surface area (Å²) >= 11 is 0. The molecule has 0 bridgehead atoms. The van der Waals surface area contributed by atoms with E-state index in [1.807, 2.05) is 23.1 Å². The lowest BCUT2D eigenvalue weighted by molar-refractivity contribution is -0.161. The van der Waals surface area contributed by atoms with Gasteiger partial charge in [0.2, 0.25) is 5.41 Å². The largest absolute Gasteiger partial charge is 0.468 e. The molecule has 140 valence electrons. The van der Waals surface area contributed by atoms with Crippen LogP contribution in [-0.2, 0) is 24.6 Å². The van der Waals surface area contributed by atoms with E-state index < -0.39 is 22.9 Å². The van der Waals surface area contributed by atoms with Gasteiger partial charge in [-0.25, -0.2) is 0 Å². The van der Waals surface area contributed by atoms with Crippen molar-refractivity contribution in [3.8, 4) is 0 Å². The quantitative estimate of drug-likeness (QED) is 0.610. The molecule has 0 atom stereocenters. The number of carbonyl (C=O) groups excluding carboxylic acids is 2. The van der Waals surface area contributed by atoms with Gasteiger partial charge in [-0.3, -0.25) is 9.59 Å². The van der Waals surface area contributed by atoms with Crippen LogP contribution in [0, 0.1) is 5.41 Å². The van der Waals surface area contributed by atoms with Crippen molar-refractivity contribution in [2.24, 2.45) is 5.41 Å². The average Bonchev–Trinajstić information content (AvgIpc) is 2.71. The Kier molecular flexibility index (Phi) is 4.79. The molecule has 27 heavy (non-hydrogen) atoms. The maximum Gasteiger partial charge on any atom is 0.331 e. The molecule has 5 heteroatoms. The van der Waals surface area contributed by atoms with Gasteiger partial charge >= 0.3 is 11.9 Å². The molecule has 0 aromatic heterocycles. The van der Waals surface area contributed by atoms with E-state index in [-0.39, 0.29) is 0 Å². The van der Waals surface area contributed by atoms with Crippen LogP contribution in [0.2, 0.25) is 0 Å². The summed E-state index contributed by atoms with van der Waals surface area (Å²) in [4.78, 5) is 26.5. The van der Waals surface area contributed by atoms with E-state index in [9.17, 15) is 9.59 Å². The number of methoxy groups -OCH3 is 2. The predicted octanol–water partition coefficient (Wildman–Crippen LogP) is 3.75. The van der Waals surface area contributed by atoms with Crippen LogP contribution in [0.25, 0.3) is 10.8 Å². The molecule has 1 aliphatic rings. The highest BCUT2D eigenvalue weighted by molar-refractivity contribution is 6.04. The Labute approximate surface area is 158 Å². The Morgan fingerprint density at radius 3 is 2.04 bits per heavy atom. The number of hydrogen-bond acceptors (Lipinski definition) is 5. The first kappa shape index (κ1) is 18.7. The second-order valence-electron chi connectivity index (χ2n) is 6.98. The van der Waals surface area contributed by atoms with Crippen molar-refractivity contribution >= 4 is 22.7 Å². The summed E-state index contributed by atoms with van der Waals surface area (Å²) in [5.41, 5.74) is -0.834. The molecule has 2 aromatic rings. The zero-order chi connectivity index (χ0) is 19.7. The Morgan fingerprint density at radius 1 is 0.889 bits per heavy atom. The molecular weight excluding hydrogens is 342 g/mol. The van der Waals surface area contributed by atoms with Gasteiger partial charge in [0.1, 0.15) is 0 Å². The number of benzene rings is 2. The van der Waals surface area contributed by atoms with Gasteiger partial charge in [0.25, 0.3) is 0 Å². The van der Waals surface area contributed by atoms with Crippen LogP contribution in [0.4, 0.5) is 0 Å². The molecule has 3 rings (SSSR count). The van der Waals surface area contributed by atoms with Gasteiger partial charge in [0, 0.05) is 12.4 Å². The monoisotopic (exact) mass is 365 g/mol. The first-order chi connectivity index (χ1) is 12.9. The maximum absolute atomic E-state index is 12.2. The molecule has 0 saturated heterocycles. The molecule has 0 saturated carbocycles. The van der Waals surface area contributed by atoms with Gasteiger partial charge in [-0.15, -0.1) is 0 Å². The molecule has 0 N–H and O–H groups in total. The first-order valence-electron chi connectivity index (χ1n) is 8.69. The van der Waals surface area contributed by atoms with Crippen molar-refractivity contribution in [1.29, 1.82) is 0 Å². The Hall–Kier alpha value is -3.08. The minimum absolute atomic E-state index is 0.410. The number of ether oxygens (including phenoxy) is 2. The molecular formula is C22H23NO4. The van der Waals surface area contributed by atoms with E-state index in [1.54, 1.807) is 12.4 Å². The van der Waals surface area contributed by atoms with Crippen LogP contribution < -0.4 is 0 Å². The second-order valence-corrected chi connectivity index (χ2v) is 6.98. The van der Waals surface area contributed by atoms with E-state index in [2.05, 4.69) is 38.1 Å². The molecule has 0 unspecified atom stereocenters. The zero-order valence-electron chi connectivity index (χ0n) is 15.9. The van der Waals surface area contributed by atoms with Crippen LogP contribution in [0.15, 0.2) is 67.0 Å². The highest BCUT2D eigenvalue weighted by Crippen LogP contribution is 2.38. The smallest absolute Gasteiger partial charge is 0.331 e. The van der Waals surface area contributed by atoms with Crippen LogP contribution >= 0.6 is 0 Å². The van der Waals surface area contributed by atoms with Gasteiger partial charge < -0.3 is 14.4 Å². The van der Waals surface area contributed by atoms with Gasteiger partial charge in [0.05, 0.1) is 19.8 Å². The number of hydrogen-bond donors (Lipinski definition) is 0.